The number of ether oxygens (including phenoxy) is 1. The van der Waals surface area contributed by atoms with Gasteiger partial charge in [-0.1, -0.05) is 43.3 Å². The van der Waals surface area contributed by atoms with Crippen molar-refractivity contribution in [1.82, 2.24) is 25.1 Å². The van der Waals surface area contributed by atoms with Gasteiger partial charge in [-0.2, -0.15) is 5.10 Å². The lowest BCUT2D eigenvalue weighted by Gasteiger charge is -2.17. The number of aryl methyl sites for hydroxylation is 1. The van der Waals surface area contributed by atoms with E-state index in [0.29, 0.717) is 55.4 Å². The van der Waals surface area contributed by atoms with Crippen molar-refractivity contribution >= 4 is 46.1 Å². The summed E-state index contributed by atoms with van der Waals surface area (Å²) in [5.74, 6) is 0.200. The summed E-state index contributed by atoms with van der Waals surface area (Å²) < 4.78 is 7.22. The van der Waals surface area contributed by atoms with Crippen LogP contribution in [0.2, 0.25) is 0 Å². The number of nitrogens with one attached hydrogen (secondary N) is 2. The van der Waals surface area contributed by atoms with Crippen molar-refractivity contribution in [1.29, 1.82) is 0 Å². The molecule has 1 aliphatic heterocycles. The molecule has 1 aromatic carbocycles. The van der Waals surface area contributed by atoms with Crippen LogP contribution in [0.5, 0.6) is 0 Å². The van der Waals surface area contributed by atoms with Gasteiger partial charge in [0.25, 0.3) is 0 Å². The Hall–Kier alpha value is -3.18. The van der Waals surface area contributed by atoms with E-state index in [0.717, 1.165) is 22.5 Å². The Kier molecular flexibility index (Phi) is 8.99. The first-order valence-corrected chi connectivity index (χ1v) is 13.6. The van der Waals surface area contributed by atoms with E-state index in [-0.39, 0.29) is 24.2 Å². The second kappa shape index (κ2) is 12.4. The van der Waals surface area contributed by atoms with Crippen LogP contribution in [-0.2, 0) is 20.9 Å². The maximum Gasteiger partial charge on any atom is 0.227 e. The maximum absolute atomic E-state index is 12.8. The number of hydrogen-bond acceptors (Lipinski definition) is 8. The number of hydrogen-bond donors (Lipinski definition) is 2. The number of fused-ring (bicyclic) bond motifs is 1. The minimum Gasteiger partial charge on any atom is -0.380 e. The van der Waals surface area contributed by atoms with Gasteiger partial charge in [-0.15, -0.1) is 0 Å². The van der Waals surface area contributed by atoms with E-state index in [9.17, 15) is 9.59 Å². The molecule has 4 rings (SSSR count). The molecule has 3 heterocycles. The van der Waals surface area contributed by atoms with Crippen LogP contribution in [0.15, 0.2) is 35.6 Å². The average molecular weight is 526 g/mol. The molecule has 0 saturated carbocycles. The van der Waals surface area contributed by atoms with Gasteiger partial charge in [0.15, 0.2) is 10.8 Å². The lowest BCUT2D eigenvalue weighted by atomic mass is 10.1. The zero-order valence-corrected chi connectivity index (χ0v) is 22.7. The first-order chi connectivity index (χ1) is 17.9. The molecule has 3 aromatic rings. The van der Waals surface area contributed by atoms with Crippen LogP contribution in [0.25, 0.3) is 11.0 Å². The highest BCUT2D eigenvalue weighted by atomic mass is 32.2. The Morgan fingerprint density at radius 3 is 2.73 bits per heavy atom. The summed E-state index contributed by atoms with van der Waals surface area (Å²) in [7, 11) is 0. The first-order valence-electron chi connectivity index (χ1n) is 12.7. The van der Waals surface area contributed by atoms with Crippen molar-refractivity contribution in [2.75, 3.05) is 43.1 Å². The molecule has 198 valence electrons. The van der Waals surface area contributed by atoms with E-state index in [1.54, 1.807) is 27.5 Å². The highest BCUT2D eigenvalue weighted by molar-refractivity contribution is 7.99. The minimum absolute atomic E-state index is 0.0293. The third-order valence-electron chi connectivity index (χ3n) is 6.02. The molecule has 11 heteroatoms. The molecule has 2 amide bonds. The van der Waals surface area contributed by atoms with Crippen molar-refractivity contribution in [2.45, 2.75) is 51.1 Å². The summed E-state index contributed by atoms with van der Waals surface area (Å²) >= 11 is 1.59. The predicted octanol–water partition coefficient (Wildman–Crippen LogP) is 3.25. The molecule has 1 atom stereocenters. The Morgan fingerprint density at radius 1 is 1.22 bits per heavy atom. The highest BCUT2D eigenvalue weighted by Crippen LogP contribution is 2.27. The molecule has 0 spiro atoms. The third kappa shape index (κ3) is 6.78. The normalized spacial score (nSPS) is 15.6. The van der Waals surface area contributed by atoms with Crippen LogP contribution in [0.1, 0.15) is 32.8 Å². The van der Waals surface area contributed by atoms with Crippen LogP contribution in [-0.4, -0.2) is 69.7 Å². The van der Waals surface area contributed by atoms with E-state index in [1.165, 1.54) is 0 Å². The monoisotopic (exact) mass is 525 g/mol. The largest absolute Gasteiger partial charge is 0.380 e. The van der Waals surface area contributed by atoms with Crippen LogP contribution in [0.3, 0.4) is 0 Å². The van der Waals surface area contributed by atoms with Gasteiger partial charge < -0.3 is 20.3 Å². The fourth-order valence-electron chi connectivity index (χ4n) is 4.17. The Balaban J connectivity index is 1.39. The second-order valence-corrected chi connectivity index (χ2v) is 10.8. The molecule has 0 radical (unpaired) electrons. The van der Waals surface area contributed by atoms with E-state index in [2.05, 4.69) is 34.6 Å². The number of thioether (sulfide) groups is 1. The number of carbonyl (C=O) groups is 2. The van der Waals surface area contributed by atoms with Gasteiger partial charge in [-0.3, -0.25) is 9.59 Å². The summed E-state index contributed by atoms with van der Waals surface area (Å²) in [6.45, 7) is 11.3. The SMILES string of the molecule is CCOCCNc1nc(SC(C)C)nc2c1cnn2CCNC(=O)C1CC(=O)N(c2ccc(C)cc2)C1. The van der Waals surface area contributed by atoms with Gasteiger partial charge in [0.05, 0.1) is 30.7 Å². The zero-order chi connectivity index (χ0) is 26.4. The maximum atomic E-state index is 12.8. The molecular formula is C26H35N7O3S. The molecule has 2 N–H and O–H groups in total. The summed E-state index contributed by atoms with van der Waals surface area (Å²) in [5.41, 5.74) is 2.67. The molecule has 1 fully saturated rings. The second-order valence-electron chi connectivity index (χ2n) is 9.28. The Bertz CT molecular complexity index is 1230. The van der Waals surface area contributed by atoms with Crippen LogP contribution in [0.4, 0.5) is 11.5 Å². The number of anilines is 2. The quantitative estimate of drug-likeness (QED) is 0.210. The molecular weight excluding hydrogens is 490 g/mol. The lowest BCUT2D eigenvalue weighted by molar-refractivity contribution is -0.126. The molecule has 1 aliphatic rings. The Labute approximate surface area is 221 Å². The van der Waals surface area contributed by atoms with Gasteiger partial charge in [0.1, 0.15) is 5.82 Å². The van der Waals surface area contributed by atoms with Crippen molar-refractivity contribution in [3.8, 4) is 0 Å². The third-order valence-corrected chi connectivity index (χ3v) is 6.89. The summed E-state index contributed by atoms with van der Waals surface area (Å²) in [5, 5.41) is 12.7. The molecule has 37 heavy (non-hydrogen) atoms. The van der Waals surface area contributed by atoms with Crippen molar-refractivity contribution < 1.29 is 14.3 Å². The molecule has 1 saturated heterocycles. The number of amides is 2. The minimum atomic E-state index is -0.374. The summed E-state index contributed by atoms with van der Waals surface area (Å²) in [4.78, 5) is 36.5. The van der Waals surface area contributed by atoms with E-state index >= 15 is 0 Å². The van der Waals surface area contributed by atoms with Crippen molar-refractivity contribution in [3.05, 3.63) is 36.0 Å². The molecule has 0 bridgehead atoms. The fourth-order valence-corrected chi connectivity index (χ4v) is 4.87. The highest BCUT2D eigenvalue weighted by Gasteiger charge is 2.35. The first kappa shape index (κ1) is 26.9. The van der Waals surface area contributed by atoms with Gasteiger partial charge >= 0.3 is 0 Å². The molecule has 10 nitrogen and oxygen atoms in total. The number of benzene rings is 1. The summed E-state index contributed by atoms with van der Waals surface area (Å²) in [6.07, 6.45) is 1.96. The van der Waals surface area contributed by atoms with Crippen molar-refractivity contribution in [3.63, 3.8) is 0 Å². The van der Waals surface area contributed by atoms with Crippen LogP contribution < -0.4 is 15.5 Å². The van der Waals surface area contributed by atoms with E-state index < -0.39 is 0 Å². The summed E-state index contributed by atoms with van der Waals surface area (Å²) in [6, 6.07) is 7.78. The van der Waals surface area contributed by atoms with E-state index in [4.69, 9.17) is 9.72 Å². The number of aromatic nitrogens is 4. The van der Waals surface area contributed by atoms with Gasteiger partial charge in [-0.25, -0.2) is 14.6 Å². The van der Waals surface area contributed by atoms with Gasteiger partial charge in [-0.05, 0) is 26.0 Å². The standard InChI is InChI=1S/C26H35N7O3S/c1-5-36-13-11-27-23-21-15-29-33(24(21)31-26(30-23)37-17(2)3)12-10-28-25(35)19-14-22(34)32(16-19)20-8-6-18(4)7-9-20/h6-9,15,17,19H,5,10-14,16H2,1-4H3,(H,28,35)(H,27,30,31). The Morgan fingerprint density at radius 2 is 2.00 bits per heavy atom. The topological polar surface area (TPSA) is 114 Å². The molecule has 0 aliphatic carbocycles. The van der Waals surface area contributed by atoms with Gasteiger partial charge in [0.2, 0.25) is 11.8 Å². The number of rotatable bonds is 12. The lowest BCUT2D eigenvalue weighted by Crippen LogP contribution is -2.35. The van der Waals surface area contributed by atoms with E-state index in [1.807, 2.05) is 38.1 Å². The number of nitrogens with zero attached hydrogens (tertiary/aromatic N) is 5. The average Bonchev–Trinajstić information content (AvgIpc) is 3.45. The predicted molar refractivity (Wildman–Crippen MR) is 146 cm³/mol. The van der Waals surface area contributed by atoms with Gasteiger partial charge in [0, 0.05) is 43.6 Å². The molecule has 2 aromatic heterocycles. The smallest absolute Gasteiger partial charge is 0.227 e. The van der Waals surface area contributed by atoms with Crippen LogP contribution in [0, 0.1) is 12.8 Å². The zero-order valence-electron chi connectivity index (χ0n) is 21.9. The fraction of sp³-hybridized carbons (Fsp3) is 0.500. The van der Waals surface area contributed by atoms with Crippen LogP contribution >= 0.6 is 11.8 Å². The molecule has 1 unspecified atom stereocenters. The number of carbonyl (C=O) groups excluding carboxylic acids is 2. The van der Waals surface area contributed by atoms with Crippen molar-refractivity contribution in [2.24, 2.45) is 5.92 Å².